The number of unbranched alkanes of at least 4 members (excludes halogenated alkanes) is 4. The van der Waals surface area contributed by atoms with Crippen LogP contribution in [0, 0.1) is 6.92 Å². The van der Waals surface area contributed by atoms with Crippen molar-refractivity contribution in [3.05, 3.63) is 52.5 Å². The largest absolute Gasteiger partial charge is 1.00 e. The number of rotatable bonds is 13. The number of carbonyl (C=O) groups is 1. The predicted molar refractivity (Wildman–Crippen MR) is 126 cm³/mol. The number of ether oxygens (including phenoxy) is 2. The monoisotopic (exact) mass is 442 g/mol. The Labute approximate surface area is 201 Å². The van der Waals surface area contributed by atoms with Gasteiger partial charge in [-0.05, 0) is 52.1 Å². The van der Waals surface area contributed by atoms with Gasteiger partial charge in [0.1, 0.15) is 11.5 Å². The Morgan fingerprint density at radius 3 is 2.30 bits per heavy atom. The van der Waals surface area contributed by atoms with Crippen LogP contribution in [-0.4, -0.2) is 18.7 Å². The molecule has 0 aromatic heterocycles. The molecule has 2 aromatic rings. The summed E-state index contributed by atoms with van der Waals surface area (Å²) < 4.78 is 11.9. The Morgan fingerprint density at radius 1 is 1.00 bits per heavy atom. The summed E-state index contributed by atoms with van der Waals surface area (Å²) >= 11 is 6.29. The molecule has 0 heterocycles. The van der Waals surface area contributed by atoms with Crippen molar-refractivity contribution in [1.29, 1.82) is 0 Å². The van der Waals surface area contributed by atoms with Gasteiger partial charge in [-0.15, -0.1) is 0 Å². The maximum Gasteiger partial charge on any atom is 1.00 e. The van der Waals surface area contributed by atoms with Crippen molar-refractivity contribution < 1.29 is 34.6 Å². The van der Waals surface area contributed by atoms with Crippen molar-refractivity contribution in [2.24, 2.45) is 0 Å². The fraction of sp³-hybridized carbons (Fsp3) is 0.458. The van der Waals surface area contributed by atoms with Crippen LogP contribution in [0.25, 0.3) is 0 Å². The second kappa shape index (κ2) is 14.9. The number of carbonyl (C=O) groups excluding carboxylic acids is 1. The van der Waals surface area contributed by atoms with Crippen molar-refractivity contribution in [2.45, 2.75) is 59.3 Å². The van der Waals surface area contributed by atoms with E-state index in [0.717, 1.165) is 54.5 Å². The number of hydrogen-bond acceptors (Lipinski definition) is 3. The van der Waals surface area contributed by atoms with Crippen LogP contribution in [0.3, 0.4) is 0 Å². The average Bonchev–Trinajstić information content (AvgIpc) is 2.70. The van der Waals surface area contributed by atoms with Crippen LogP contribution >= 0.6 is 20.2 Å². The van der Waals surface area contributed by atoms with Crippen molar-refractivity contribution in [1.82, 2.24) is 0 Å². The molecular formula is C24H33ClLiO3P. The minimum atomic E-state index is -0.0457. The molecule has 3 nitrogen and oxygen atoms in total. The molecule has 0 aliphatic heterocycles. The first-order chi connectivity index (χ1) is 14.1. The van der Waals surface area contributed by atoms with Gasteiger partial charge in [0.15, 0.2) is 5.52 Å². The minimum absolute atomic E-state index is 0. The summed E-state index contributed by atoms with van der Waals surface area (Å²) in [6.45, 7) is 7.60. The molecule has 0 radical (unpaired) electrons. The molecule has 6 heteroatoms. The van der Waals surface area contributed by atoms with E-state index >= 15 is 0 Å². The van der Waals surface area contributed by atoms with Gasteiger partial charge in [0.2, 0.25) is 0 Å². The topological polar surface area (TPSA) is 35.5 Å². The summed E-state index contributed by atoms with van der Waals surface area (Å²) in [5, 5.41) is 1.40. The van der Waals surface area contributed by atoms with E-state index in [0.29, 0.717) is 23.8 Å². The van der Waals surface area contributed by atoms with E-state index < -0.39 is 0 Å². The maximum atomic E-state index is 13.0. The quantitative estimate of drug-likeness (QED) is 0.267. The van der Waals surface area contributed by atoms with Gasteiger partial charge in [-0.25, -0.2) is 0 Å². The summed E-state index contributed by atoms with van der Waals surface area (Å²) in [5.41, 5.74) is 1.53. The van der Waals surface area contributed by atoms with E-state index in [1.807, 2.05) is 37.3 Å². The number of hydrogen-bond donors (Lipinski definition) is 0. The van der Waals surface area contributed by atoms with E-state index in [4.69, 9.17) is 21.1 Å². The van der Waals surface area contributed by atoms with Crippen LogP contribution in [0.1, 0.15) is 69.7 Å². The molecule has 2 aromatic carbocycles. The third kappa shape index (κ3) is 8.64. The van der Waals surface area contributed by atoms with Crippen LogP contribution in [-0.2, 0) is 0 Å². The van der Waals surface area contributed by atoms with Crippen molar-refractivity contribution in [2.75, 3.05) is 13.2 Å². The van der Waals surface area contributed by atoms with Gasteiger partial charge in [0.05, 0.1) is 18.2 Å². The van der Waals surface area contributed by atoms with Gasteiger partial charge < -0.3 is 10.9 Å². The van der Waals surface area contributed by atoms with Crippen molar-refractivity contribution in [3.63, 3.8) is 0 Å². The summed E-state index contributed by atoms with van der Waals surface area (Å²) in [6, 6.07) is 11.4. The molecule has 0 aliphatic rings. The maximum absolute atomic E-state index is 13.0. The third-order valence-electron chi connectivity index (χ3n) is 4.67. The van der Waals surface area contributed by atoms with E-state index in [-0.39, 0.29) is 34.4 Å². The zero-order valence-corrected chi connectivity index (χ0v) is 20.5. The number of aryl methyl sites for hydroxylation is 1. The zero-order chi connectivity index (χ0) is 21.1. The second-order valence-corrected chi connectivity index (χ2v) is 8.80. The first-order valence-electron chi connectivity index (χ1n) is 10.5. The van der Waals surface area contributed by atoms with Crippen LogP contribution in [0.2, 0.25) is 5.02 Å². The minimum Gasteiger partial charge on any atom is -1.00 e. The summed E-state index contributed by atoms with van der Waals surface area (Å²) in [4.78, 5) is 13.0. The molecule has 0 bridgehead atoms. The van der Waals surface area contributed by atoms with Gasteiger partial charge in [-0.3, -0.25) is 4.79 Å². The molecule has 1 unspecified atom stereocenters. The molecule has 0 fully saturated rings. The summed E-state index contributed by atoms with van der Waals surface area (Å²) in [6.07, 6.45) is 6.63. The Kier molecular flexibility index (Phi) is 13.5. The van der Waals surface area contributed by atoms with E-state index in [1.54, 1.807) is 6.07 Å². The molecule has 0 spiro atoms. The molecule has 0 N–H and O–H groups in total. The Hall–Kier alpha value is -0.973. The van der Waals surface area contributed by atoms with Crippen molar-refractivity contribution in [3.8, 4) is 11.5 Å². The molecule has 1 atom stereocenters. The number of halogens is 1. The van der Waals surface area contributed by atoms with Crippen LogP contribution in [0.4, 0.5) is 0 Å². The smallest absolute Gasteiger partial charge is 1.00 e. The molecule has 0 saturated carbocycles. The van der Waals surface area contributed by atoms with E-state index in [1.165, 1.54) is 6.42 Å². The first kappa shape index (κ1) is 27.1. The molecule has 0 amide bonds. The van der Waals surface area contributed by atoms with Gasteiger partial charge in [-0.2, -0.15) is 0 Å². The number of benzene rings is 2. The Morgan fingerprint density at radius 2 is 1.67 bits per heavy atom. The van der Waals surface area contributed by atoms with E-state index in [2.05, 4.69) is 13.8 Å². The SMILES string of the molecule is CCCCCOc1ccc(PC(=O)c2c(C)cccc2Cl)c(OCCCCC)c1.[H-].[Li+]. The third-order valence-corrected chi connectivity index (χ3v) is 6.15. The molecule has 0 saturated heterocycles. The predicted octanol–water partition coefficient (Wildman–Crippen LogP) is 4.05. The van der Waals surface area contributed by atoms with Gasteiger partial charge >= 0.3 is 18.9 Å². The van der Waals surface area contributed by atoms with Gasteiger partial charge in [0.25, 0.3) is 0 Å². The summed E-state index contributed by atoms with van der Waals surface area (Å²) in [5.74, 6) is 1.53. The molecule has 2 rings (SSSR count). The fourth-order valence-electron chi connectivity index (χ4n) is 3.00. The molecule has 0 aliphatic carbocycles. The zero-order valence-electron chi connectivity index (χ0n) is 19.7. The van der Waals surface area contributed by atoms with Crippen LogP contribution in [0.5, 0.6) is 11.5 Å². The van der Waals surface area contributed by atoms with Gasteiger partial charge in [0, 0.05) is 16.9 Å². The molecule has 30 heavy (non-hydrogen) atoms. The van der Waals surface area contributed by atoms with Crippen LogP contribution < -0.4 is 33.6 Å². The standard InChI is InChI=1S/C24H32ClO3P.Li.H/c1-4-6-8-15-27-19-13-14-22(21(17-19)28-16-9-7-5-2)29-24(26)23-18(3)11-10-12-20(23)25;;/h10-14,17,29H,4-9,15-16H2,1-3H3;;/q;+1;-1. The second-order valence-electron chi connectivity index (χ2n) is 7.15. The average molecular weight is 443 g/mol. The van der Waals surface area contributed by atoms with E-state index in [9.17, 15) is 4.79 Å². The Bertz CT molecular complexity index is 784. The van der Waals surface area contributed by atoms with Crippen LogP contribution in [0.15, 0.2) is 36.4 Å². The first-order valence-corrected chi connectivity index (χ1v) is 11.9. The van der Waals surface area contributed by atoms with Gasteiger partial charge in [-0.1, -0.05) is 63.3 Å². The van der Waals surface area contributed by atoms with Crippen molar-refractivity contribution >= 4 is 31.0 Å². The fourth-order valence-corrected chi connectivity index (χ4v) is 4.52. The normalized spacial score (nSPS) is 10.8. The molecule has 160 valence electrons. The Balaban J connectivity index is 0.00000450. The molecular weight excluding hydrogens is 410 g/mol. The summed E-state index contributed by atoms with van der Waals surface area (Å²) in [7, 11) is -0.0457.